The van der Waals surface area contributed by atoms with Gasteiger partial charge in [-0.2, -0.15) is 0 Å². The lowest BCUT2D eigenvalue weighted by Gasteiger charge is -2.09. The fraction of sp³-hybridized carbons (Fsp3) is 0.909. The van der Waals surface area contributed by atoms with Crippen LogP contribution in [-0.4, -0.2) is 17.4 Å². The van der Waals surface area contributed by atoms with E-state index in [0.29, 0.717) is 12.8 Å². The molecule has 0 rings (SSSR count). The highest BCUT2D eigenvalue weighted by Crippen LogP contribution is 2.06. The first kappa shape index (κ1) is 13.4. The molecule has 0 saturated carbocycles. The van der Waals surface area contributed by atoms with Gasteiger partial charge in [0.05, 0.1) is 0 Å². The van der Waals surface area contributed by atoms with Crippen molar-refractivity contribution in [3.05, 3.63) is 0 Å². The highest BCUT2D eigenvalue weighted by Gasteiger charge is 2.07. The molecule has 14 heavy (non-hydrogen) atoms. The minimum atomic E-state index is -0.918. The van der Waals surface area contributed by atoms with Gasteiger partial charge in [-0.3, -0.25) is 4.79 Å². The van der Waals surface area contributed by atoms with E-state index in [1.54, 1.807) is 6.92 Å². The van der Waals surface area contributed by atoms with E-state index in [4.69, 9.17) is 9.84 Å². The van der Waals surface area contributed by atoms with Crippen molar-refractivity contribution < 1.29 is 14.6 Å². The number of carbonyl (C=O) groups excluding carboxylic acids is 1. The number of carbonyl (C=O) groups is 1. The number of hydrogen-bond acceptors (Lipinski definition) is 3. The summed E-state index contributed by atoms with van der Waals surface area (Å²) in [6.07, 6.45) is 5.53. The average molecular weight is 202 g/mol. The van der Waals surface area contributed by atoms with Crippen LogP contribution in [0, 0.1) is 0 Å². The molecule has 0 bridgehead atoms. The van der Waals surface area contributed by atoms with Crippen LogP contribution >= 0.6 is 0 Å². The first-order chi connectivity index (χ1) is 6.70. The molecule has 3 heteroatoms. The summed E-state index contributed by atoms with van der Waals surface area (Å²) in [5, 5.41) is 9.03. The van der Waals surface area contributed by atoms with Crippen LogP contribution in [-0.2, 0) is 9.53 Å². The molecule has 0 radical (unpaired) electrons. The maximum atomic E-state index is 11.1. The van der Waals surface area contributed by atoms with Gasteiger partial charge in [0, 0.05) is 12.8 Å². The molecule has 0 aromatic rings. The Bertz CT molecular complexity index is 145. The van der Waals surface area contributed by atoms with Crippen molar-refractivity contribution in [2.45, 2.75) is 65.1 Å². The van der Waals surface area contributed by atoms with E-state index < -0.39 is 6.29 Å². The summed E-state index contributed by atoms with van der Waals surface area (Å²) in [4.78, 5) is 11.1. The van der Waals surface area contributed by atoms with Crippen LogP contribution in [0.1, 0.15) is 58.8 Å². The van der Waals surface area contributed by atoms with Crippen molar-refractivity contribution in [2.24, 2.45) is 0 Å². The van der Waals surface area contributed by atoms with Crippen LogP contribution in [0.5, 0.6) is 0 Å². The molecule has 1 unspecified atom stereocenters. The second kappa shape index (κ2) is 9.00. The summed E-state index contributed by atoms with van der Waals surface area (Å²) in [7, 11) is 0. The van der Waals surface area contributed by atoms with E-state index in [1.807, 2.05) is 0 Å². The molecule has 0 heterocycles. The van der Waals surface area contributed by atoms with Gasteiger partial charge in [-0.05, 0) is 6.42 Å². The molecule has 0 fully saturated rings. The number of ether oxygens (including phenoxy) is 1. The Balaban J connectivity index is 3.27. The summed E-state index contributed by atoms with van der Waals surface area (Å²) in [6, 6.07) is 0. The Morgan fingerprint density at radius 1 is 1.21 bits per heavy atom. The lowest BCUT2D eigenvalue weighted by atomic mass is 10.1. The lowest BCUT2D eigenvalue weighted by Crippen LogP contribution is -2.16. The molecule has 0 aliphatic rings. The third-order valence-electron chi connectivity index (χ3n) is 2.10. The topological polar surface area (TPSA) is 46.5 Å². The SMILES string of the molecule is CCCCCCCC(=O)OC(O)CC. The molecule has 1 atom stereocenters. The number of rotatable bonds is 8. The van der Waals surface area contributed by atoms with Crippen molar-refractivity contribution in [2.75, 3.05) is 0 Å². The Morgan fingerprint density at radius 2 is 1.86 bits per heavy atom. The maximum Gasteiger partial charge on any atom is 0.308 e. The van der Waals surface area contributed by atoms with Gasteiger partial charge in [0.15, 0.2) is 6.29 Å². The van der Waals surface area contributed by atoms with Crippen LogP contribution in [0.15, 0.2) is 0 Å². The number of hydrogen-bond donors (Lipinski definition) is 1. The van der Waals surface area contributed by atoms with E-state index in [0.717, 1.165) is 12.8 Å². The Labute approximate surface area is 86.5 Å². The summed E-state index contributed by atoms with van der Waals surface area (Å²) < 4.78 is 4.72. The molecular weight excluding hydrogens is 180 g/mol. The minimum absolute atomic E-state index is 0.282. The molecule has 0 amide bonds. The molecule has 0 aromatic heterocycles. The second-order valence-corrected chi connectivity index (χ2v) is 3.52. The predicted octanol–water partition coefficient (Wildman–Crippen LogP) is 2.62. The zero-order chi connectivity index (χ0) is 10.8. The molecule has 0 spiro atoms. The largest absolute Gasteiger partial charge is 0.436 e. The first-order valence-corrected chi connectivity index (χ1v) is 5.58. The van der Waals surface area contributed by atoms with Gasteiger partial charge >= 0.3 is 5.97 Å². The van der Waals surface area contributed by atoms with Gasteiger partial charge in [-0.25, -0.2) is 0 Å². The molecule has 0 saturated heterocycles. The second-order valence-electron chi connectivity index (χ2n) is 3.52. The standard InChI is InChI=1S/C11H22O3/c1-3-5-6-7-8-9-11(13)14-10(12)4-2/h10,12H,3-9H2,1-2H3. The predicted molar refractivity (Wildman–Crippen MR) is 55.8 cm³/mol. The number of aliphatic hydroxyl groups is 1. The van der Waals surface area contributed by atoms with Gasteiger partial charge in [-0.1, -0.05) is 39.5 Å². The fourth-order valence-corrected chi connectivity index (χ4v) is 1.17. The van der Waals surface area contributed by atoms with Crippen molar-refractivity contribution >= 4 is 5.97 Å². The normalized spacial score (nSPS) is 12.5. The van der Waals surface area contributed by atoms with Crippen molar-refractivity contribution in [1.29, 1.82) is 0 Å². The molecule has 0 aliphatic heterocycles. The van der Waals surface area contributed by atoms with Gasteiger partial charge < -0.3 is 9.84 Å². The Hall–Kier alpha value is -0.570. The van der Waals surface area contributed by atoms with E-state index in [9.17, 15) is 4.79 Å². The zero-order valence-corrected chi connectivity index (χ0v) is 9.29. The van der Waals surface area contributed by atoms with Gasteiger partial charge in [-0.15, -0.1) is 0 Å². The molecule has 3 nitrogen and oxygen atoms in total. The van der Waals surface area contributed by atoms with Crippen molar-refractivity contribution in [3.63, 3.8) is 0 Å². The zero-order valence-electron chi connectivity index (χ0n) is 9.29. The minimum Gasteiger partial charge on any atom is -0.436 e. The van der Waals surface area contributed by atoms with E-state index >= 15 is 0 Å². The van der Waals surface area contributed by atoms with Gasteiger partial charge in [0.1, 0.15) is 0 Å². The van der Waals surface area contributed by atoms with Crippen molar-refractivity contribution in [3.8, 4) is 0 Å². The summed E-state index contributed by atoms with van der Waals surface area (Å²) in [5.41, 5.74) is 0. The molecule has 0 aromatic carbocycles. The van der Waals surface area contributed by atoms with Crippen LogP contribution < -0.4 is 0 Å². The van der Waals surface area contributed by atoms with Crippen LogP contribution in [0.4, 0.5) is 0 Å². The quantitative estimate of drug-likeness (QED) is 0.374. The highest BCUT2D eigenvalue weighted by atomic mass is 16.6. The molecule has 1 N–H and O–H groups in total. The summed E-state index contributed by atoms with van der Waals surface area (Å²) >= 11 is 0. The summed E-state index contributed by atoms with van der Waals surface area (Å²) in [6.45, 7) is 3.94. The number of esters is 1. The third-order valence-corrected chi connectivity index (χ3v) is 2.10. The Morgan fingerprint density at radius 3 is 2.43 bits per heavy atom. The Kier molecular flexibility index (Phi) is 8.64. The van der Waals surface area contributed by atoms with Gasteiger partial charge in [0.25, 0.3) is 0 Å². The first-order valence-electron chi connectivity index (χ1n) is 5.58. The maximum absolute atomic E-state index is 11.1. The molecule has 84 valence electrons. The number of aliphatic hydroxyl groups excluding tert-OH is 1. The van der Waals surface area contributed by atoms with Crippen molar-refractivity contribution in [1.82, 2.24) is 0 Å². The third kappa shape index (κ3) is 8.05. The smallest absolute Gasteiger partial charge is 0.308 e. The van der Waals surface area contributed by atoms with E-state index in [-0.39, 0.29) is 5.97 Å². The van der Waals surface area contributed by atoms with Crippen LogP contribution in [0.2, 0.25) is 0 Å². The summed E-state index contributed by atoms with van der Waals surface area (Å²) in [5.74, 6) is -0.282. The average Bonchev–Trinajstić information content (AvgIpc) is 2.17. The van der Waals surface area contributed by atoms with E-state index in [2.05, 4.69) is 6.92 Å². The van der Waals surface area contributed by atoms with Crippen LogP contribution in [0.25, 0.3) is 0 Å². The van der Waals surface area contributed by atoms with E-state index in [1.165, 1.54) is 19.3 Å². The number of unbranched alkanes of at least 4 members (excludes halogenated alkanes) is 4. The molecule has 0 aliphatic carbocycles. The lowest BCUT2D eigenvalue weighted by molar-refractivity contribution is -0.168. The monoisotopic (exact) mass is 202 g/mol. The molecular formula is C11H22O3. The van der Waals surface area contributed by atoms with Crippen LogP contribution in [0.3, 0.4) is 0 Å². The highest BCUT2D eigenvalue weighted by molar-refractivity contribution is 5.69. The van der Waals surface area contributed by atoms with Gasteiger partial charge in [0.2, 0.25) is 0 Å². The fourth-order valence-electron chi connectivity index (χ4n) is 1.17.